The third kappa shape index (κ3) is 8.41. The molecule has 0 unspecified atom stereocenters. The van der Waals surface area contributed by atoms with Crippen molar-refractivity contribution in [2.45, 2.75) is 63.6 Å². The molecule has 0 saturated carbocycles. The first-order valence-electron chi connectivity index (χ1n) is 11.9. The molecule has 0 saturated heterocycles. The van der Waals surface area contributed by atoms with E-state index in [1.807, 2.05) is 30.3 Å². The van der Waals surface area contributed by atoms with Crippen molar-refractivity contribution in [1.82, 2.24) is 9.21 Å². The van der Waals surface area contributed by atoms with Crippen LogP contribution in [-0.2, 0) is 21.2 Å². The lowest BCUT2D eigenvalue weighted by atomic mass is 9.94. The van der Waals surface area contributed by atoms with Gasteiger partial charge in [-0.05, 0) is 63.9 Å². The number of carbonyl (C=O) groups is 2. The van der Waals surface area contributed by atoms with Gasteiger partial charge in [0, 0.05) is 31.2 Å². The Morgan fingerprint density at radius 2 is 1.62 bits per heavy atom. The number of hydrogen-bond acceptors (Lipinski definition) is 6. The molecular formula is C27H36N3O6S-. The molecule has 0 aliphatic carbocycles. The van der Waals surface area contributed by atoms with Crippen LogP contribution in [0.4, 0.5) is 10.5 Å². The number of benzene rings is 2. The van der Waals surface area contributed by atoms with Crippen molar-refractivity contribution >= 4 is 27.7 Å². The van der Waals surface area contributed by atoms with Crippen molar-refractivity contribution in [2.75, 3.05) is 18.4 Å². The molecule has 202 valence electrons. The van der Waals surface area contributed by atoms with E-state index in [1.165, 1.54) is 31.2 Å². The highest BCUT2D eigenvalue weighted by molar-refractivity contribution is 7.89. The number of anilines is 1. The number of aliphatic hydroxyl groups excluding tert-OH is 1. The van der Waals surface area contributed by atoms with Crippen molar-refractivity contribution in [3.63, 3.8) is 0 Å². The molecule has 2 N–H and O–H groups in total. The highest BCUT2D eigenvalue weighted by atomic mass is 32.2. The van der Waals surface area contributed by atoms with Gasteiger partial charge in [-0.3, -0.25) is 4.79 Å². The maximum atomic E-state index is 13.6. The fraction of sp³-hybridized carbons (Fsp3) is 0.407. The molecule has 0 heterocycles. The van der Waals surface area contributed by atoms with Crippen molar-refractivity contribution in [1.29, 1.82) is 0 Å². The van der Waals surface area contributed by atoms with Crippen LogP contribution >= 0.6 is 0 Å². The average Bonchev–Trinajstić information content (AvgIpc) is 2.77. The van der Waals surface area contributed by atoms with Gasteiger partial charge >= 0.3 is 0 Å². The van der Waals surface area contributed by atoms with Gasteiger partial charge in [0.1, 0.15) is 6.09 Å². The summed E-state index contributed by atoms with van der Waals surface area (Å²) in [5.74, 6) is -0.289. The standard InChI is InChI=1S/C27H37N3O6S/c1-19(2)17-29(37(35,36)23-14-12-22(13-15-23)28-20(3)31)18-25(32)24(16-21-10-8-7-9-11-21)30(26(33)34)27(4,5)6/h7-15,24-25,32H,1,16-18H2,2-6H3,(H,28,31)(H,33,34)/p-1/t24-,25+/m0/s1. The number of aliphatic hydroxyl groups is 1. The summed E-state index contributed by atoms with van der Waals surface area (Å²) in [7, 11) is -4.11. The van der Waals surface area contributed by atoms with Crippen LogP contribution in [0.15, 0.2) is 71.6 Å². The summed E-state index contributed by atoms with van der Waals surface area (Å²) < 4.78 is 28.2. The van der Waals surface area contributed by atoms with Crippen LogP contribution in [0.1, 0.15) is 40.2 Å². The molecule has 2 amide bonds. The fourth-order valence-corrected chi connectivity index (χ4v) is 5.62. The Morgan fingerprint density at radius 3 is 2.08 bits per heavy atom. The molecule has 0 spiro atoms. The maximum absolute atomic E-state index is 13.6. The van der Waals surface area contributed by atoms with E-state index in [2.05, 4.69) is 11.9 Å². The number of nitrogens with one attached hydrogen (secondary N) is 1. The third-order valence-electron chi connectivity index (χ3n) is 5.63. The van der Waals surface area contributed by atoms with Crippen LogP contribution in [0.3, 0.4) is 0 Å². The molecule has 0 aliphatic heterocycles. The zero-order chi connectivity index (χ0) is 28.0. The summed E-state index contributed by atoms with van der Waals surface area (Å²) >= 11 is 0. The van der Waals surface area contributed by atoms with Crippen molar-refractivity contribution < 1.29 is 28.2 Å². The van der Waals surface area contributed by atoms with Gasteiger partial charge in [0.2, 0.25) is 15.9 Å². The van der Waals surface area contributed by atoms with Gasteiger partial charge in [-0.25, -0.2) is 8.42 Å². The molecular weight excluding hydrogens is 494 g/mol. The van der Waals surface area contributed by atoms with Crippen LogP contribution in [0.5, 0.6) is 0 Å². The quantitative estimate of drug-likeness (QED) is 0.430. The Hall–Kier alpha value is -3.21. The molecule has 2 aromatic rings. The van der Waals surface area contributed by atoms with E-state index >= 15 is 0 Å². The van der Waals surface area contributed by atoms with Gasteiger partial charge in [-0.1, -0.05) is 42.5 Å². The van der Waals surface area contributed by atoms with Crippen molar-refractivity contribution in [2.24, 2.45) is 0 Å². The van der Waals surface area contributed by atoms with E-state index in [0.717, 1.165) is 14.8 Å². The summed E-state index contributed by atoms with van der Waals surface area (Å²) in [6.45, 7) is 11.4. The van der Waals surface area contributed by atoms with E-state index in [4.69, 9.17) is 0 Å². The Bertz CT molecular complexity index is 1190. The predicted octanol–water partition coefficient (Wildman–Crippen LogP) is 2.63. The van der Waals surface area contributed by atoms with Gasteiger partial charge in [0.15, 0.2) is 0 Å². The largest absolute Gasteiger partial charge is 0.530 e. The Labute approximate surface area is 219 Å². The Balaban J connectivity index is 2.45. The number of carbonyl (C=O) groups excluding carboxylic acids is 2. The molecule has 0 aliphatic rings. The third-order valence-corrected chi connectivity index (χ3v) is 7.46. The van der Waals surface area contributed by atoms with Gasteiger partial charge in [-0.15, -0.1) is 0 Å². The van der Waals surface area contributed by atoms with Gasteiger partial charge in [0.25, 0.3) is 0 Å². The SMILES string of the molecule is C=C(C)CN(C[C@@H](O)[C@H](Cc1ccccc1)N(C(=O)[O-])C(C)(C)C)S(=O)(=O)c1ccc(NC(C)=O)cc1. The maximum Gasteiger partial charge on any atom is 0.243 e. The number of hydrogen-bond donors (Lipinski definition) is 2. The summed E-state index contributed by atoms with van der Waals surface area (Å²) in [6.07, 6.45) is -2.69. The molecule has 0 bridgehead atoms. The molecule has 9 nitrogen and oxygen atoms in total. The van der Waals surface area contributed by atoms with Crippen LogP contribution in [0.25, 0.3) is 0 Å². The molecule has 0 fully saturated rings. The minimum atomic E-state index is -4.11. The number of carboxylic acid groups (broad SMARTS) is 1. The van der Waals surface area contributed by atoms with Crippen LogP contribution in [0, 0.1) is 0 Å². The number of sulfonamides is 1. The van der Waals surface area contributed by atoms with Crippen LogP contribution in [0.2, 0.25) is 0 Å². The predicted molar refractivity (Wildman–Crippen MR) is 141 cm³/mol. The first-order valence-corrected chi connectivity index (χ1v) is 13.3. The molecule has 37 heavy (non-hydrogen) atoms. The lowest BCUT2D eigenvalue weighted by Crippen LogP contribution is -2.62. The molecule has 0 aromatic heterocycles. The lowest BCUT2D eigenvalue weighted by molar-refractivity contribution is -0.275. The van der Waals surface area contributed by atoms with Crippen molar-refractivity contribution in [3.8, 4) is 0 Å². The minimum Gasteiger partial charge on any atom is -0.530 e. The van der Waals surface area contributed by atoms with E-state index in [0.29, 0.717) is 11.3 Å². The molecule has 10 heteroatoms. The summed E-state index contributed by atoms with van der Waals surface area (Å²) in [5.41, 5.74) is 0.843. The zero-order valence-corrected chi connectivity index (χ0v) is 22.8. The number of amides is 2. The topological polar surface area (TPSA) is 130 Å². The second-order valence-electron chi connectivity index (χ2n) is 10.1. The highest BCUT2D eigenvalue weighted by Gasteiger charge is 2.37. The van der Waals surface area contributed by atoms with Gasteiger partial charge in [-0.2, -0.15) is 4.31 Å². The first-order chi connectivity index (χ1) is 17.1. The summed E-state index contributed by atoms with van der Waals surface area (Å²) in [6, 6.07) is 13.8. The van der Waals surface area contributed by atoms with E-state index in [9.17, 15) is 28.2 Å². The Kier molecular flexibility index (Phi) is 10.0. The summed E-state index contributed by atoms with van der Waals surface area (Å²) in [4.78, 5) is 24.5. The monoisotopic (exact) mass is 530 g/mol. The fourth-order valence-electron chi connectivity index (χ4n) is 4.10. The average molecular weight is 531 g/mol. The smallest absolute Gasteiger partial charge is 0.243 e. The summed E-state index contributed by atoms with van der Waals surface area (Å²) in [5, 5.41) is 26.2. The van der Waals surface area contributed by atoms with Crippen LogP contribution in [-0.4, -0.2) is 65.5 Å². The van der Waals surface area contributed by atoms with E-state index in [1.54, 1.807) is 27.7 Å². The molecule has 0 radical (unpaired) electrons. The van der Waals surface area contributed by atoms with Gasteiger partial charge < -0.3 is 25.2 Å². The highest BCUT2D eigenvalue weighted by Crippen LogP contribution is 2.25. The number of nitrogens with zero attached hydrogens (tertiary/aromatic N) is 2. The Morgan fingerprint density at radius 1 is 1.05 bits per heavy atom. The normalized spacial score (nSPS) is 13.6. The first kappa shape index (κ1) is 30.0. The number of rotatable bonds is 11. The van der Waals surface area contributed by atoms with E-state index < -0.39 is 33.8 Å². The lowest BCUT2D eigenvalue weighted by Gasteiger charge is -2.46. The molecule has 2 rings (SSSR count). The van der Waals surface area contributed by atoms with Crippen LogP contribution < -0.4 is 10.4 Å². The van der Waals surface area contributed by atoms with E-state index in [-0.39, 0.29) is 30.3 Å². The second-order valence-corrected chi connectivity index (χ2v) is 12.0. The molecule has 2 aromatic carbocycles. The second kappa shape index (κ2) is 12.4. The van der Waals surface area contributed by atoms with Crippen molar-refractivity contribution in [3.05, 3.63) is 72.3 Å². The molecule has 2 atom stereocenters. The minimum absolute atomic E-state index is 0.0396. The zero-order valence-electron chi connectivity index (χ0n) is 22.0. The van der Waals surface area contributed by atoms with Gasteiger partial charge in [0.05, 0.1) is 17.0 Å².